The number of aliphatic hydroxyl groups is 2. The van der Waals surface area contributed by atoms with Gasteiger partial charge >= 0.3 is 0 Å². The van der Waals surface area contributed by atoms with E-state index in [1.807, 2.05) is 32.0 Å². The van der Waals surface area contributed by atoms with Crippen LogP contribution in [0.4, 0.5) is 5.13 Å². The van der Waals surface area contributed by atoms with Crippen LogP contribution in [0.2, 0.25) is 0 Å². The van der Waals surface area contributed by atoms with Crippen molar-refractivity contribution in [1.29, 1.82) is 0 Å². The number of thiazole rings is 1. The molecule has 3 rings (SSSR count). The average molecular weight is 587 g/mol. The number of aliphatic hydroxyl groups excluding tert-OH is 2. The molecular weight excluding hydrogens is 536 g/mol. The van der Waals surface area contributed by atoms with Gasteiger partial charge in [0.25, 0.3) is 0 Å². The largest absolute Gasteiger partial charge is 0.390 e. The highest BCUT2D eigenvalue weighted by Gasteiger charge is 2.33. The van der Waals surface area contributed by atoms with E-state index in [-0.39, 0.29) is 24.2 Å². The van der Waals surface area contributed by atoms with Crippen molar-refractivity contribution in [3.63, 3.8) is 0 Å². The van der Waals surface area contributed by atoms with E-state index in [9.17, 15) is 19.8 Å². The number of aryl methyl sites for hydroxylation is 1. The Balaban J connectivity index is 1.62. The number of nitrogens with one attached hydrogen (secondary N) is 2. The summed E-state index contributed by atoms with van der Waals surface area (Å²) in [5, 5.41) is 30.0. The maximum Gasteiger partial charge on any atom is 0.243 e. The lowest BCUT2D eigenvalue weighted by molar-refractivity contribution is -0.130. The molecule has 2 amide bonds. The van der Waals surface area contributed by atoms with Gasteiger partial charge in [-0.1, -0.05) is 82.7 Å². The standard InChI is InChI=1S/C32H50N4O4S/c1-22(2)18-28(37)30(39)26(19-24-15-9-4-10-16-24)36-31(40)27(20-25-21-41-32(33)34-25)35-29(38)17-11-5-8-14-23-12-6-3-7-13-23/h3,6-7,12-13,21-22,24,26-28,30,37,39H,4-5,8-11,14-20H2,1-2H3,(H2,33,34)(H,35,38)(H,36,40)/t26-,27?,28-,30+/m0/s1. The molecule has 1 aromatic heterocycles. The van der Waals surface area contributed by atoms with Gasteiger partial charge in [0.1, 0.15) is 12.1 Å². The molecule has 4 atom stereocenters. The number of nitrogens with zero attached hydrogens (tertiary/aromatic N) is 1. The number of rotatable bonds is 17. The van der Waals surface area contributed by atoms with Gasteiger partial charge in [0, 0.05) is 18.2 Å². The first-order valence-corrected chi connectivity index (χ1v) is 16.3. The van der Waals surface area contributed by atoms with Crippen molar-refractivity contribution in [1.82, 2.24) is 15.6 Å². The van der Waals surface area contributed by atoms with E-state index in [2.05, 4.69) is 27.8 Å². The third-order valence-electron chi connectivity index (χ3n) is 8.01. The predicted octanol–water partition coefficient (Wildman–Crippen LogP) is 4.78. The summed E-state index contributed by atoms with van der Waals surface area (Å²) in [5.74, 6) is 0.0423. The summed E-state index contributed by atoms with van der Waals surface area (Å²) in [6.07, 6.45) is 8.82. The van der Waals surface area contributed by atoms with Gasteiger partial charge in [0.15, 0.2) is 5.13 Å². The lowest BCUT2D eigenvalue weighted by atomic mass is 9.82. The van der Waals surface area contributed by atoms with Crippen molar-refractivity contribution in [3.05, 3.63) is 47.0 Å². The summed E-state index contributed by atoms with van der Waals surface area (Å²) in [6.45, 7) is 3.99. The van der Waals surface area contributed by atoms with Crippen molar-refractivity contribution in [2.24, 2.45) is 11.8 Å². The van der Waals surface area contributed by atoms with Crippen LogP contribution in [0.1, 0.15) is 95.7 Å². The maximum absolute atomic E-state index is 13.7. The van der Waals surface area contributed by atoms with E-state index in [0.717, 1.165) is 51.4 Å². The molecule has 8 nitrogen and oxygen atoms in total. The number of unbranched alkanes of at least 4 members (excludes halogenated alkanes) is 2. The predicted molar refractivity (Wildman–Crippen MR) is 165 cm³/mol. The molecule has 0 bridgehead atoms. The van der Waals surface area contributed by atoms with Crippen LogP contribution in [-0.4, -0.2) is 51.3 Å². The van der Waals surface area contributed by atoms with Crippen LogP contribution in [0.5, 0.6) is 0 Å². The van der Waals surface area contributed by atoms with E-state index in [0.29, 0.717) is 36.0 Å². The van der Waals surface area contributed by atoms with Gasteiger partial charge in [-0.15, -0.1) is 11.3 Å². The van der Waals surface area contributed by atoms with Gasteiger partial charge in [-0.25, -0.2) is 4.98 Å². The first-order chi connectivity index (χ1) is 19.7. The molecule has 1 aliphatic carbocycles. The molecule has 228 valence electrons. The number of aromatic nitrogens is 1. The summed E-state index contributed by atoms with van der Waals surface area (Å²) in [4.78, 5) is 30.9. The van der Waals surface area contributed by atoms with Gasteiger partial charge in [-0.05, 0) is 49.5 Å². The fourth-order valence-electron chi connectivity index (χ4n) is 5.78. The highest BCUT2D eigenvalue weighted by atomic mass is 32.1. The minimum Gasteiger partial charge on any atom is -0.390 e. The third kappa shape index (κ3) is 12.1. The van der Waals surface area contributed by atoms with E-state index >= 15 is 0 Å². The van der Waals surface area contributed by atoms with Gasteiger partial charge in [0.05, 0.1) is 17.8 Å². The number of amides is 2. The maximum atomic E-state index is 13.7. The lowest BCUT2D eigenvalue weighted by Crippen LogP contribution is -2.56. The number of anilines is 1. The van der Waals surface area contributed by atoms with Crippen molar-refractivity contribution < 1.29 is 19.8 Å². The SMILES string of the molecule is CC(C)C[C@H](O)[C@H](O)[C@H](CC1CCCCC1)NC(=O)C(Cc1csc(N)n1)NC(=O)CCCCCc1ccccc1. The quantitative estimate of drug-likeness (QED) is 0.169. The molecule has 9 heteroatoms. The molecule has 0 spiro atoms. The second-order valence-corrected chi connectivity index (χ2v) is 13.0. The normalized spacial score (nSPS) is 17.1. The van der Waals surface area contributed by atoms with E-state index in [4.69, 9.17) is 5.73 Å². The summed E-state index contributed by atoms with van der Waals surface area (Å²) in [5.41, 5.74) is 7.75. The Bertz CT molecular complexity index is 1040. The summed E-state index contributed by atoms with van der Waals surface area (Å²) in [7, 11) is 0. The first-order valence-electron chi connectivity index (χ1n) is 15.4. The summed E-state index contributed by atoms with van der Waals surface area (Å²) < 4.78 is 0. The molecule has 6 N–H and O–H groups in total. The highest BCUT2D eigenvalue weighted by molar-refractivity contribution is 7.13. The number of benzene rings is 1. The smallest absolute Gasteiger partial charge is 0.243 e. The van der Waals surface area contributed by atoms with Gasteiger partial charge in [-0.3, -0.25) is 9.59 Å². The zero-order valence-corrected chi connectivity index (χ0v) is 25.6. The Kier molecular flexibility index (Phi) is 14.1. The van der Waals surface area contributed by atoms with Crippen molar-refractivity contribution in [3.8, 4) is 0 Å². The summed E-state index contributed by atoms with van der Waals surface area (Å²) >= 11 is 1.30. The molecule has 1 aliphatic rings. The Morgan fingerprint density at radius 1 is 1.05 bits per heavy atom. The Morgan fingerprint density at radius 3 is 2.44 bits per heavy atom. The number of nitrogen functional groups attached to an aromatic ring is 1. The highest BCUT2D eigenvalue weighted by Crippen LogP contribution is 2.29. The minimum absolute atomic E-state index is 0.183. The van der Waals surface area contributed by atoms with E-state index in [1.54, 1.807) is 5.38 Å². The van der Waals surface area contributed by atoms with Crippen molar-refractivity contribution in [2.75, 3.05) is 5.73 Å². The summed E-state index contributed by atoms with van der Waals surface area (Å²) in [6, 6.07) is 8.85. The Morgan fingerprint density at radius 2 is 1.78 bits per heavy atom. The number of nitrogens with two attached hydrogens (primary N) is 1. The van der Waals surface area contributed by atoms with Crippen LogP contribution in [0.3, 0.4) is 0 Å². The van der Waals surface area contributed by atoms with Crippen molar-refractivity contribution >= 4 is 28.3 Å². The van der Waals surface area contributed by atoms with Gasteiger partial charge in [0.2, 0.25) is 11.8 Å². The minimum atomic E-state index is -1.08. The zero-order chi connectivity index (χ0) is 29.6. The second kappa shape index (κ2) is 17.5. The van der Waals surface area contributed by atoms with Crippen LogP contribution in [0, 0.1) is 11.8 Å². The van der Waals surface area contributed by atoms with Crippen LogP contribution < -0.4 is 16.4 Å². The average Bonchev–Trinajstić information content (AvgIpc) is 3.36. The molecule has 1 unspecified atom stereocenters. The first kappa shape index (κ1) is 33.0. The molecule has 1 saturated carbocycles. The molecule has 0 aliphatic heterocycles. The molecular formula is C32H50N4O4S. The van der Waals surface area contributed by atoms with Gasteiger partial charge in [-0.2, -0.15) is 0 Å². The van der Waals surface area contributed by atoms with Crippen LogP contribution in [-0.2, 0) is 22.4 Å². The Hall–Kier alpha value is -2.49. The number of hydrogen-bond acceptors (Lipinski definition) is 7. The third-order valence-corrected chi connectivity index (χ3v) is 8.73. The Labute approximate surface area is 249 Å². The topological polar surface area (TPSA) is 138 Å². The molecule has 2 aromatic rings. The molecule has 1 fully saturated rings. The molecule has 0 radical (unpaired) electrons. The number of carbonyl (C=O) groups is 2. The monoisotopic (exact) mass is 586 g/mol. The van der Waals surface area contributed by atoms with Crippen LogP contribution in [0.25, 0.3) is 0 Å². The van der Waals surface area contributed by atoms with Gasteiger partial charge < -0.3 is 26.6 Å². The molecule has 1 heterocycles. The molecule has 1 aromatic carbocycles. The lowest BCUT2D eigenvalue weighted by Gasteiger charge is -2.33. The fourth-order valence-corrected chi connectivity index (χ4v) is 6.35. The van der Waals surface area contributed by atoms with Crippen LogP contribution >= 0.6 is 11.3 Å². The van der Waals surface area contributed by atoms with E-state index < -0.39 is 24.3 Å². The number of hydrogen-bond donors (Lipinski definition) is 5. The second-order valence-electron chi connectivity index (χ2n) is 12.1. The molecule has 0 saturated heterocycles. The van der Waals surface area contributed by atoms with E-state index in [1.165, 1.54) is 23.3 Å². The van der Waals surface area contributed by atoms with Crippen molar-refractivity contribution in [2.45, 2.75) is 122 Å². The molecule has 41 heavy (non-hydrogen) atoms. The van der Waals surface area contributed by atoms with Crippen LogP contribution in [0.15, 0.2) is 35.7 Å². The number of carbonyl (C=O) groups excluding carboxylic acids is 2. The zero-order valence-electron chi connectivity index (χ0n) is 24.8. The fraction of sp³-hybridized carbons (Fsp3) is 0.656.